The van der Waals surface area contributed by atoms with Gasteiger partial charge >= 0.3 is 0 Å². The van der Waals surface area contributed by atoms with Crippen molar-refractivity contribution in [1.82, 2.24) is 15.1 Å². The van der Waals surface area contributed by atoms with E-state index in [0.29, 0.717) is 23.9 Å². The number of carbonyl (C=O) groups is 1. The highest BCUT2D eigenvalue weighted by molar-refractivity contribution is 5.94. The van der Waals surface area contributed by atoms with Crippen LogP contribution in [0.2, 0.25) is 0 Å². The first-order valence-corrected chi connectivity index (χ1v) is 10.0. The van der Waals surface area contributed by atoms with Crippen LogP contribution in [0.15, 0.2) is 83.3 Å². The zero-order valence-corrected chi connectivity index (χ0v) is 17.8. The number of nitrogens with zero attached hydrogens (tertiary/aromatic N) is 4. The first kappa shape index (κ1) is 20.3. The summed E-state index contributed by atoms with van der Waals surface area (Å²) in [5.41, 5.74) is 4.46. The van der Waals surface area contributed by atoms with E-state index < -0.39 is 0 Å². The van der Waals surface area contributed by atoms with Crippen LogP contribution in [-0.2, 0) is 6.54 Å². The Hall–Kier alpha value is -3.93. The third kappa shape index (κ3) is 4.64. The van der Waals surface area contributed by atoms with E-state index in [1.54, 1.807) is 24.1 Å². The summed E-state index contributed by atoms with van der Waals surface area (Å²) < 4.78 is 5.79. The Kier molecular flexibility index (Phi) is 5.80. The molecule has 0 bridgehead atoms. The van der Waals surface area contributed by atoms with Crippen LogP contribution in [0.3, 0.4) is 0 Å². The van der Waals surface area contributed by atoms with E-state index in [4.69, 9.17) is 4.42 Å². The lowest BCUT2D eigenvalue weighted by atomic mass is 10.1. The lowest BCUT2D eigenvalue weighted by Crippen LogP contribution is -2.26. The average molecular weight is 412 g/mol. The largest absolute Gasteiger partial charge is 0.416 e. The molecule has 0 aliphatic rings. The molecule has 0 aliphatic heterocycles. The monoisotopic (exact) mass is 412 g/mol. The molecule has 0 fully saturated rings. The molecule has 0 N–H and O–H groups in total. The molecule has 1 aromatic heterocycles. The SMILES string of the molecule is CN(Cc1ccc(N(C)C)cc1)C(=O)c1ccc(-c2nnc(-c3ccccc3)o2)cc1. The van der Waals surface area contributed by atoms with Gasteiger partial charge in [0.15, 0.2) is 0 Å². The molecule has 1 heterocycles. The Morgan fingerprint density at radius 2 is 1.35 bits per heavy atom. The predicted molar refractivity (Wildman–Crippen MR) is 122 cm³/mol. The fraction of sp³-hybridized carbons (Fsp3) is 0.160. The van der Waals surface area contributed by atoms with E-state index in [1.807, 2.05) is 73.6 Å². The normalized spacial score (nSPS) is 10.7. The number of aromatic nitrogens is 2. The van der Waals surface area contributed by atoms with Gasteiger partial charge in [-0.2, -0.15) is 0 Å². The predicted octanol–water partition coefficient (Wildman–Crippen LogP) is 4.74. The molecule has 6 nitrogen and oxygen atoms in total. The van der Waals surface area contributed by atoms with Crippen LogP contribution >= 0.6 is 0 Å². The van der Waals surface area contributed by atoms with Gasteiger partial charge in [0.2, 0.25) is 11.8 Å². The highest BCUT2D eigenvalue weighted by Gasteiger charge is 2.14. The number of anilines is 1. The maximum absolute atomic E-state index is 12.8. The maximum Gasteiger partial charge on any atom is 0.253 e. The van der Waals surface area contributed by atoms with Gasteiger partial charge in [-0.25, -0.2) is 0 Å². The summed E-state index contributed by atoms with van der Waals surface area (Å²) in [7, 11) is 5.82. The second-order valence-corrected chi connectivity index (χ2v) is 7.58. The molecule has 1 amide bonds. The number of hydrogen-bond donors (Lipinski definition) is 0. The van der Waals surface area contributed by atoms with Crippen molar-refractivity contribution >= 4 is 11.6 Å². The lowest BCUT2D eigenvalue weighted by Gasteiger charge is -2.18. The highest BCUT2D eigenvalue weighted by atomic mass is 16.4. The van der Waals surface area contributed by atoms with Crippen molar-refractivity contribution in [2.75, 3.05) is 26.0 Å². The van der Waals surface area contributed by atoms with Gasteiger partial charge < -0.3 is 14.2 Å². The highest BCUT2D eigenvalue weighted by Crippen LogP contribution is 2.24. The Bertz CT molecular complexity index is 1150. The van der Waals surface area contributed by atoms with Crippen LogP contribution in [0.1, 0.15) is 15.9 Å². The van der Waals surface area contributed by atoms with Crippen LogP contribution in [0, 0.1) is 0 Å². The molecule has 0 unspecified atom stereocenters. The van der Waals surface area contributed by atoms with Crippen molar-refractivity contribution in [1.29, 1.82) is 0 Å². The van der Waals surface area contributed by atoms with Crippen molar-refractivity contribution in [2.24, 2.45) is 0 Å². The minimum atomic E-state index is -0.0428. The van der Waals surface area contributed by atoms with Gasteiger partial charge in [0.1, 0.15) is 0 Å². The minimum absolute atomic E-state index is 0.0428. The molecule has 6 heteroatoms. The zero-order valence-electron chi connectivity index (χ0n) is 17.8. The first-order chi connectivity index (χ1) is 15.0. The van der Waals surface area contributed by atoms with Crippen molar-refractivity contribution in [3.8, 4) is 22.9 Å². The molecule has 31 heavy (non-hydrogen) atoms. The maximum atomic E-state index is 12.8. The molecule has 0 spiro atoms. The number of benzene rings is 3. The van der Waals surface area contributed by atoms with E-state index in [1.165, 1.54) is 0 Å². The number of hydrogen-bond acceptors (Lipinski definition) is 5. The fourth-order valence-corrected chi connectivity index (χ4v) is 3.26. The topological polar surface area (TPSA) is 62.5 Å². The molecule has 0 atom stereocenters. The summed E-state index contributed by atoms with van der Waals surface area (Å²) in [5.74, 6) is 0.849. The number of rotatable bonds is 6. The molecule has 0 saturated carbocycles. The van der Waals surface area contributed by atoms with Crippen LogP contribution in [0.5, 0.6) is 0 Å². The third-order valence-electron chi connectivity index (χ3n) is 5.04. The third-order valence-corrected chi connectivity index (χ3v) is 5.04. The van der Waals surface area contributed by atoms with Crippen molar-refractivity contribution in [3.05, 3.63) is 90.0 Å². The summed E-state index contributed by atoms with van der Waals surface area (Å²) in [5, 5.41) is 8.25. The van der Waals surface area contributed by atoms with Gasteiger partial charge in [-0.3, -0.25) is 4.79 Å². The van der Waals surface area contributed by atoms with E-state index in [0.717, 1.165) is 22.4 Å². The fourth-order valence-electron chi connectivity index (χ4n) is 3.26. The molecule has 4 rings (SSSR count). The molecule has 3 aromatic carbocycles. The van der Waals surface area contributed by atoms with E-state index in [-0.39, 0.29) is 5.91 Å². The summed E-state index contributed by atoms with van der Waals surface area (Å²) in [6.07, 6.45) is 0. The summed E-state index contributed by atoms with van der Waals surface area (Å²) in [4.78, 5) is 16.6. The van der Waals surface area contributed by atoms with Crippen molar-refractivity contribution < 1.29 is 9.21 Å². The second-order valence-electron chi connectivity index (χ2n) is 7.58. The molecule has 0 aliphatic carbocycles. The minimum Gasteiger partial charge on any atom is -0.416 e. The summed E-state index contributed by atoms with van der Waals surface area (Å²) in [6.45, 7) is 0.540. The van der Waals surface area contributed by atoms with Crippen molar-refractivity contribution in [2.45, 2.75) is 6.54 Å². The molecule has 0 saturated heterocycles. The zero-order chi connectivity index (χ0) is 21.8. The van der Waals surface area contributed by atoms with Crippen LogP contribution in [-0.4, -0.2) is 42.1 Å². The molecular formula is C25H24N4O2. The number of amides is 1. The van der Waals surface area contributed by atoms with Crippen LogP contribution < -0.4 is 4.90 Å². The molecular weight excluding hydrogens is 388 g/mol. The van der Waals surface area contributed by atoms with Gasteiger partial charge in [0.05, 0.1) is 0 Å². The Morgan fingerprint density at radius 3 is 1.94 bits per heavy atom. The smallest absolute Gasteiger partial charge is 0.253 e. The van der Waals surface area contributed by atoms with Crippen LogP contribution in [0.4, 0.5) is 5.69 Å². The number of carbonyl (C=O) groups excluding carboxylic acids is 1. The van der Waals surface area contributed by atoms with Gasteiger partial charge in [0, 0.05) is 50.1 Å². The van der Waals surface area contributed by atoms with E-state index in [9.17, 15) is 4.79 Å². The summed E-state index contributed by atoms with van der Waals surface area (Å²) >= 11 is 0. The average Bonchev–Trinajstić information content (AvgIpc) is 3.30. The molecule has 4 aromatic rings. The lowest BCUT2D eigenvalue weighted by molar-refractivity contribution is 0.0785. The Morgan fingerprint density at radius 1 is 0.774 bits per heavy atom. The summed E-state index contributed by atoms with van der Waals surface area (Å²) in [6, 6.07) is 25.0. The van der Waals surface area contributed by atoms with Gasteiger partial charge in [0.25, 0.3) is 5.91 Å². The quantitative estimate of drug-likeness (QED) is 0.458. The van der Waals surface area contributed by atoms with E-state index >= 15 is 0 Å². The van der Waals surface area contributed by atoms with Gasteiger partial charge in [-0.15, -0.1) is 10.2 Å². The standard InChI is InChI=1S/C25H24N4O2/c1-28(2)22-15-9-18(10-16-22)17-29(3)25(30)21-13-11-20(12-14-21)24-27-26-23(31-24)19-7-5-4-6-8-19/h4-16H,17H2,1-3H3. The Labute approximate surface area is 181 Å². The second kappa shape index (κ2) is 8.83. The van der Waals surface area contributed by atoms with Gasteiger partial charge in [-0.05, 0) is 54.1 Å². The molecule has 0 radical (unpaired) electrons. The van der Waals surface area contributed by atoms with E-state index in [2.05, 4.69) is 22.3 Å². The Balaban J connectivity index is 1.44. The molecule has 156 valence electrons. The van der Waals surface area contributed by atoms with Crippen LogP contribution in [0.25, 0.3) is 22.9 Å². The van der Waals surface area contributed by atoms with Gasteiger partial charge in [-0.1, -0.05) is 30.3 Å². The van der Waals surface area contributed by atoms with Crippen molar-refractivity contribution in [3.63, 3.8) is 0 Å². The first-order valence-electron chi connectivity index (χ1n) is 10.0.